The molecule has 0 unspecified atom stereocenters. The van der Waals surface area contributed by atoms with Gasteiger partial charge in [-0.1, -0.05) is 35.9 Å². The van der Waals surface area contributed by atoms with E-state index in [1.54, 1.807) is 18.2 Å². The van der Waals surface area contributed by atoms with Gasteiger partial charge in [0.15, 0.2) is 0 Å². The first-order chi connectivity index (χ1) is 13.5. The van der Waals surface area contributed by atoms with Crippen LogP contribution in [0.1, 0.15) is 37.4 Å². The fraction of sp³-hybridized carbons (Fsp3) is 0.381. The van der Waals surface area contributed by atoms with Crippen LogP contribution in [0, 0.1) is 6.92 Å². The normalized spacial score (nSPS) is 17.8. The maximum Gasteiger partial charge on any atom is 0.241 e. The highest BCUT2D eigenvalue weighted by Crippen LogP contribution is 2.39. The highest BCUT2D eigenvalue weighted by Gasteiger charge is 2.34. The van der Waals surface area contributed by atoms with Crippen LogP contribution in [0.5, 0.6) is 5.75 Å². The maximum absolute atomic E-state index is 12.8. The molecule has 156 valence electrons. The molecular formula is C21H25ClN2O4S. The predicted molar refractivity (Wildman–Crippen MR) is 115 cm³/mol. The van der Waals surface area contributed by atoms with Crippen LogP contribution in [-0.2, 0) is 14.8 Å². The Morgan fingerprint density at radius 1 is 1.28 bits per heavy atom. The van der Waals surface area contributed by atoms with Crippen molar-refractivity contribution in [3.8, 4) is 5.75 Å². The second-order valence-electron chi connectivity index (χ2n) is 7.93. The lowest BCUT2D eigenvalue weighted by Gasteiger charge is -2.38. The molecule has 29 heavy (non-hydrogen) atoms. The molecule has 2 aromatic carbocycles. The van der Waals surface area contributed by atoms with Crippen molar-refractivity contribution in [2.45, 2.75) is 38.8 Å². The summed E-state index contributed by atoms with van der Waals surface area (Å²) in [7, 11) is -3.68. The highest BCUT2D eigenvalue weighted by atomic mass is 35.5. The molecular weight excluding hydrogens is 412 g/mol. The molecule has 1 aliphatic heterocycles. The second-order valence-corrected chi connectivity index (χ2v) is 10.2. The van der Waals surface area contributed by atoms with E-state index in [0.29, 0.717) is 17.1 Å². The van der Waals surface area contributed by atoms with Crippen molar-refractivity contribution in [3.63, 3.8) is 0 Å². The lowest BCUT2D eigenvalue weighted by molar-refractivity contribution is -0.120. The molecule has 0 aromatic heterocycles. The van der Waals surface area contributed by atoms with Gasteiger partial charge in [-0.2, -0.15) is 0 Å². The minimum atomic E-state index is -3.68. The van der Waals surface area contributed by atoms with Gasteiger partial charge in [0.05, 0.1) is 18.0 Å². The van der Waals surface area contributed by atoms with E-state index in [1.165, 1.54) is 0 Å². The molecule has 1 N–H and O–H groups in total. The number of carbonyl (C=O) groups excluding carboxylic acids is 1. The van der Waals surface area contributed by atoms with Crippen LogP contribution in [0.3, 0.4) is 0 Å². The van der Waals surface area contributed by atoms with Gasteiger partial charge in [0, 0.05) is 17.0 Å². The quantitative estimate of drug-likeness (QED) is 0.772. The molecule has 1 atom stereocenters. The Kier molecular flexibility index (Phi) is 5.83. The second kappa shape index (κ2) is 7.88. The first kappa shape index (κ1) is 21.5. The van der Waals surface area contributed by atoms with Gasteiger partial charge in [-0.3, -0.25) is 9.10 Å². The molecule has 8 heteroatoms. The summed E-state index contributed by atoms with van der Waals surface area (Å²) in [5.41, 5.74) is 1.61. The molecule has 0 aliphatic carbocycles. The molecule has 0 spiro atoms. The number of para-hydroxylation sites is 1. The van der Waals surface area contributed by atoms with Crippen LogP contribution in [-0.4, -0.2) is 32.7 Å². The number of rotatable bonds is 5. The number of aryl methyl sites for hydroxylation is 1. The monoisotopic (exact) mass is 436 g/mol. The number of hydrogen-bond donors (Lipinski definition) is 1. The van der Waals surface area contributed by atoms with Crippen molar-refractivity contribution in [2.75, 3.05) is 17.1 Å². The van der Waals surface area contributed by atoms with E-state index in [9.17, 15) is 13.2 Å². The van der Waals surface area contributed by atoms with E-state index in [2.05, 4.69) is 5.32 Å². The van der Waals surface area contributed by atoms with Gasteiger partial charge >= 0.3 is 0 Å². The molecule has 6 nitrogen and oxygen atoms in total. The summed E-state index contributed by atoms with van der Waals surface area (Å²) < 4.78 is 31.7. The van der Waals surface area contributed by atoms with Crippen LogP contribution in [0.25, 0.3) is 0 Å². The minimum Gasteiger partial charge on any atom is -0.487 e. The maximum atomic E-state index is 12.8. The Bertz CT molecular complexity index is 1040. The van der Waals surface area contributed by atoms with Crippen LogP contribution >= 0.6 is 11.6 Å². The Labute approximate surface area is 176 Å². The third-order valence-electron chi connectivity index (χ3n) is 4.84. The number of nitrogens with one attached hydrogen (secondary N) is 1. The number of hydrogen-bond acceptors (Lipinski definition) is 4. The average Bonchev–Trinajstić information content (AvgIpc) is 2.60. The van der Waals surface area contributed by atoms with E-state index >= 15 is 0 Å². The lowest BCUT2D eigenvalue weighted by atomic mass is 9.89. The third-order valence-corrected chi connectivity index (χ3v) is 6.39. The summed E-state index contributed by atoms with van der Waals surface area (Å²) in [6.45, 7) is 5.41. The molecule has 0 bridgehead atoms. The number of halogens is 1. The number of anilines is 1. The Balaban J connectivity index is 1.83. The van der Waals surface area contributed by atoms with Crippen molar-refractivity contribution in [3.05, 3.63) is 58.6 Å². The molecule has 2 aromatic rings. The average molecular weight is 437 g/mol. The number of nitrogens with zero attached hydrogens (tertiary/aromatic N) is 1. The largest absolute Gasteiger partial charge is 0.487 e. The summed E-state index contributed by atoms with van der Waals surface area (Å²) in [5, 5.41) is 3.41. The Morgan fingerprint density at radius 2 is 1.97 bits per heavy atom. The van der Waals surface area contributed by atoms with E-state index in [1.807, 2.05) is 45.0 Å². The molecule has 0 saturated heterocycles. The van der Waals surface area contributed by atoms with E-state index in [0.717, 1.165) is 27.4 Å². The first-order valence-corrected chi connectivity index (χ1v) is 11.5. The summed E-state index contributed by atoms with van der Waals surface area (Å²) in [6, 6.07) is 12.2. The topological polar surface area (TPSA) is 75.7 Å². The molecule has 1 amide bonds. The fourth-order valence-corrected chi connectivity index (χ4v) is 4.46. The number of benzene rings is 2. The molecule has 1 heterocycles. The molecule has 0 saturated carbocycles. The van der Waals surface area contributed by atoms with Crippen LogP contribution in [0.15, 0.2) is 42.5 Å². The van der Waals surface area contributed by atoms with Gasteiger partial charge in [0.25, 0.3) is 0 Å². The summed E-state index contributed by atoms with van der Waals surface area (Å²) >= 11 is 6.15. The van der Waals surface area contributed by atoms with E-state index in [-0.39, 0.29) is 12.6 Å². The number of ether oxygens (including phenoxy) is 1. The van der Waals surface area contributed by atoms with Crippen molar-refractivity contribution in [2.24, 2.45) is 0 Å². The summed E-state index contributed by atoms with van der Waals surface area (Å²) in [5.74, 6) is 0.323. The zero-order chi connectivity index (χ0) is 21.4. The smallest absolute Gasteiger partial charge is 0.241 e. The summed E-state index contributed by atoms with van der Waals surface area (Å²) in [4.78, 5) is 12.8. The number of sulfonamides is 1. The first-order valence-electron chi connectivity index (χ1n) is 9.27. The van der Waals surface area contributed by atoms with E-state index in [4.69, 9.17) is 16.3 Å². The minimum absolute atomic E-state index is 0.273. The van der Waals surface area contributed by atoms with Gasteiger partial charge in [-0.05, 0) is 44.5 Å². The Hall–Kier alpha value is -2.25. The van der Waals surface area contributed by atoms with Crippen molar-refractivity contribution < 1.29 is 17.9 Å². The zero-order valence-electron chi connectivity index (χ0n) is 16.9. The van der Waals surface area contributed by atoms with Crippen LogP contribution < -0.4 is 14.4 Å². The summed E-state index contributed by atoms with van der Waals surface area (Å²) in [6.07, 6.45) is 1.64. The van der Waals surface area contributed by atoms with Crippen molar-refractivity contribution in [1.29, 1.82) is 0 Å². The molecule has 0 radical (unpaired) electrons. The van der Waals surface area contributed by atoms with Gasteiger partial charge in [0.2, 0.25) is 15.9 Å². The van der Waals surface area contributed by atoms with E-state index < -0.39 is 21.5 Å². The molecule has 1 aliphatic rings. The number of fused-ring (bicyclic) bond motifs is 1. The van der Waals surface area contributed by atoms with Crippen LogP contribution in [0.2, 0.25) is 5.02 Å². The van der Waals surface area contributed by atoms with Crippen molar-refractivity contribution in [1.82, 2.24) is 5.32 Å². The van der Waals surface area contributed by atoms with Crippen molar-refractivity contribution >= 4 is 33.2 Å². The SMILES string of the molecule is Cc1ccc(N(CC(=O)N[C@@H]2CC(C)(C)Oc3ccccc32)S(C)(=O)=O)cc1Cl. The predicted octanol–water partition coefficient (Wildman–Crippen LogP) is 3.83. The lowest BCUT2D eigenvalue weighted by Crippen LogP contribution is -2.45. The zero-order valence-corrected chi connectivity index (χ0v) is 18.5. The van der Waals surface area contributed by atoms with Gasteiger partial charge < -0.3 is 10.1 Å². The third kappa shape index (κ3) is 5.03. The Morgan fingerprint density at radius 3 is 2.62 bits per heavy atom. The number of carbonyl (C=O) groups is 1. The molecule has 0 fully saturated rings. The molecule has 3 rings (SSSR count). The number of amides is 1. The van der Waals surface area contributed by atoms with Gasteiger partial charge in [0.1, 0.15) is 17.9 Å². The standard InChI is InChI=1S/C21H25ClN2O4S/c1-14-9-10-15(11-17(14)22)24(29(4,26)27)13-20(25)23-18-12-21(2,3)28-19-8-6-5-7-16(18)19/h5-11,18H,12-13H2,1-4H3,(H,23,25)/t18-/m1/s1. The van der Waals surface area contributed by atoms with Crippen LogP contribution in [0.4, 0.5) is 5.69 Å². The van der Waals surface area contributed by atoms with Gasteiger partial charge in [-0.25, -0.2) is 8.42 Å². The van der Waals surface area contributed by atoms with Gasteiger partial charge in [-0.15, -0.1) is 0 Å². The fourth-order valence-electron chi connectivity index (χ4n) is 3.44. The highest BCUT2D eigenvalue weighted by molar-refractivity contribution is 7.92.